The van der Waals surface area contributed by atoms with Crippen LogP contribution in [0.4, 0.5) is 4.39 Å². The molecule has 0 aromatic heterocycles. The Morgan fingerprint density at radius 1 is 1.24 bits per heavy atom. The summed E-state index contributed by atoms with van der Waals surface area (Å²) in [4.78, 5) is -0.213. The zero-order valence-electron chi connectivity index (χ0n) is 12.2. The van der Waals surface area contributed by atoms with Crippen LogP contribution in [-0.4, -0.2) is 48.4 Å². The van der Waals surface area contributed by atoms with Crippen molar-refractivity contribution in [2.45, 2.75) is 11.8 Å². The fourth-order valence-electron chi connectivity index (χ4n) is 1.57. The summed E-state index contributed by atoms with van der Waals surface area (Å²) in [5.41, 5.74) is 0. The Morgan fingerprint density at radius 3 is 2.67 bits per heavy atom. The summed E-state index contributed by atoms with van der Waals surface area (Å²) in [6.07, 6.45) is 0. The van der Waals surface area contributed by atoms with Gasteiger partial charge in [-0.2, -0.15) is 0 Å². The molecule has 0 saturated carbocycles. The van der Waals surface area contributed by atoms with E-state index < -0.39 is 15.8 Å². The molecular formula is C13H21FN2O4S. The highest BCUT2D eigenvalue weighted by molar-refractivity contribution is 7.89. The van der Waals surface area contributed by atoms with Gasteiger partial charge in [-0.1, -0.05) is 6.92 Å². The molecule has 0 spiro atoms. The molecular weight excluding hydrogens is 299 g/mol. The third kappa shape index (κ3) is 5.96. The average molecular weight is 320 g/mol. The molecule has 21 heavy (non-hydrogen) atoms. The highest BCUT2D eigenvalue weighted by atomic mass is 32.2. The van der Waals surface area contributed by atoms with Crippen LogP contribution in [0.1, 0.15) is 6.92 Å². The van der Waals surface area contributed by atoms with E-state index in [2.05, 4.69) is 10.0 Å². The summed E-state index contributed by atoms with van der Waals surface area (Å²) in [5.74, 6) is -0.537. The molecule has 1 aromatic rings. The zero-order valence-corrected chi connectivity index (χ0v) is 13.0. The maximum Gasteiger partial charge on any atom is 0.244 e. The van der Waals surface area contributed by atoms with E-state index in [0.717, 1.165) is 18.7 Å². The molecule has 120 valence electrons. The summed E-state index contributed by atoms with van der Waals surface area (Å²) in [6.45, 7) is 3.86. The second kappa shape index (κ2) is 8.93. The maximum atomic E-state index is 13.3. The number of benzene rings is 1. The Kier molecular flexibility index (Phi) is 7.58. The number of ether oxygens (including phenoxy) is 2. The second-order valence-corrected chi connectivity index (χ2v) is 5.92. The van der Waals surface area contributed by atoms with E-state index in [9.17, 15) is 12.8 Å². The lowest BCUT2D eigenvalue weighted by Crippen LogP contribution is -2.32. The highest BCUT2D eigenvalue weighted by Crippen LogP contribution is 2.24. The molecule has 0 heterocycles. The van der Waals surface area contributed by atoms with Gasteiger partial charge in [-0.25, -0.2) is 17.5 Å². The molecule has 0 fully saturated rings. The molecule has 6 nitrogen and oxygen atoms in total. The summed E-state index contributed by atoms with van der Waals surface area (Å²) in [7, 11) is -2.32. The molecule has 0 amide bonds. The molecule has 0 saturated heterocycles. The fourth-order valence-corrected chi connectivity index (χ4v) is 2.76. The number of halogens is 1. The number of hydrogen-bond donors (Lipinski definition) is 2. The van der Waals surface area contributed by atoms with Gasteiger partial charge in [0.2, 0.25) is 10.0 Å². The van der Waals surface area contributed by atoms with Crippen molar-refractivity contribution in [1.29, 1.82) is 0 Å². The van der Waals surface area contributed by atoms with Crippen molar-refractivity contribution in [3.8, 4) is 5.75 Å². The van der Waals surface area contributed by atoms with Gasteiger partial charge in [0, 0.05) is 20.2 Å². The maximum absolute atomic E-state index is 13.3. The van der Waals surface area contributed by atoms with Gasteiger partial charge in [-0.15, -0.1) is 0 Å². The van der Waals surface area contributed by atoms with Crippen molar-refractivity contribution in [2.24, 2.45) is 0 Å². The van der Waals surface area contributed by atoms with E-state index in [1.165, 1.54) is 13.2 Å². The average Bonchev–Trinajstić information content (AvgIpc) is 2.45. The normalized spacial score (nSPS) is 11.6. The van der Waals surface area contributed by atoms with E-state index >= 15 is 0 Å². The Labute approximate surface area is 124 Å². The van der Waals surface area contributed by atoms with Crippen LogP contribution in [0.25, 0.3) is 0 Å². The van der Waals surface area contributed by atoms with Gasteiger partial charge >= 0.3 is 0 Å². The first-order valence-corrected chi connectivity index (χ1v) is 8.11. The van der Waals surface area contributed by atoms with Gasteiger partial charge < -0.3 is 14.8 Å². The molecule has 1 aromatic carbocycles. The van der Waals surface area contributed by atoms with E-state index in [0.29, 0.717) is 13.2 Å². The smallest absolute Gasteiger partial charge is 0.244 e. The topological polar surface area (TPSA) is 76.7 Å². The van der Waals surface area contributed by atoms with Gasteiger partial charge in [0.15, 0.2) is 0 Å². The van der Waals surface area contributed by atoms with Gasteiger partial charge in [0.25, 0.3) is 0 Å². The molecule has 0 aliphatic carbocycles. The summed E-state index contributed by atoms with van der Waals surface area (Å²) >= 11 is 0. The lowest BCUT2D eigenvalue weighted by atomic mass is 10.3. The third-order valence-electron chi connectivity index (χ3n) is 2.58. The summed E-state index contributed by atoms with van der Waals surface area (Å²) in [5, 5.41) is 2.99. The van der Waals surface area contributed by atoms with Crippen LogP contribution < -0.4 is 14.8 Å². The van der Waals surface area contributed by atoms with Gasteiger partial charge in [0.05, 0.1) is 6.61 Å². The summed E-state index contributed by atoms with van der Waals surface area (Å²) < 4.78 is 50.2. The van der Waals surface area contributed by atoms with Crippen LogP contribution >= 0.6 is 0 Å². The Hall–Kier alpha value is -1.22. The Balaban J connectivity index is 2.84. The van der Waals surface area contributed by atoms with Crippen molar-refractivity contribution in [2.75, 3.05) is 40.0 Å². The highest BCUT2D eigenvalue weighted by Gasteiger charge is 2.20. The number of nitrogens with one attached hydrogen (secondary N) is 2. The largest absolute Gasteiger partial charge is 0.490 e. The zero-order chi connectivity index (χ0) is 15.7. The Bertz CT molecular complexity index is 537. The van der Waals surface area contributed by atoms with Crippen LogP contribution in [0.5, 0.6) is 5.75 Å². The monoisotopic (exact) mass is 320 g/mol. The van der Waals surface area contributed by atoms with Crippen LogP contribution in [0.15, 0.2) is 23.1 Å². The number of likely N-dealkylation sites (N-methyl/N-ethyl adjacent to an activating group) is 1. The van der Waals surface area contributed by atoms with Crippen molar-refractivity contribution < 1.29 is 22.3 Å². The molecule has 0 atom stereocenters. The predicted octanol–water partition coefficient (Wildman–Crippen LogP) is 0.739. The first-order chi connectivity index (χ1) is 10.0. The van der Waals surface area contributed by atoms with Gasteiger partial charge in [0.1, 0.15) is 23.1 Å². The van der Waals surface area contributed by atoms with E-state index in [1.807, 2.05) is 6.92 Å². The molecule has 0 unspecified atom stereocenters. The molecule has 1 rings (SSSR count). The first kappa shape index (κ1) is 17.8. The molecule has 2 N–H and O–H groups in total. The van der Waals surface area contributed by atoms with E-state index in [-0.39, 0.29) is 23.8 Å². The second-order valence-electron chi connectivity index (χ2n) is 4.18. The Morgan fingerprint density at radius 2 is 2.00 bits per heavy atom. The standard InChI is InChI=1S/C13H21FN2O4S/c1-3-15-6-7-16-21(17,18)13-10-11(14)4-5-12(13)20-9-8-19-2/h4-5,10,15-16H,3,6-9H2,1-2H3. The minimum atomic E-state index is -3.83. The van der Waals surface area contributed by atoms with Gasteiger partial charge in [-0.3, -0.25) is 0 Å². The van der Waals surface area contributed by atoms with Crippen LogP contribution in [0.2, 0.25) is 0 Å². The van der Waals surface area contributed by atoms with Crippen LogP contribution in [0.3, 0.4) is 0 Å². The number of rotatable bonds is 10. The van der Waals surface area contributed by atoms with Crippen molar-refractivity contribution in [3.63, 3.8) is 0 Å². The van der Waals surface area contributed by atoms with Crippen molar-refractivity contribution >= 4 is 10.0 Å². The SMILES string of the molecule is CCNCCNS(=O)(=O)c1cc(F)ccc1OCCOC. The van der Waals surface area contributed by atoms with E-state index in [4.69, 9.17) is 9.47 Å². The molecule has 0 aliphatic rings. The minimum Gasteiger partial charge on any atom is -0.490 e. The minimum absolute atomic E-state index is 0.101. The molecule has 0 radical (unpaired) electrons. The summed E-state index contributed by atoms with van der Waals surface area (Å²) in [6, 6.07) is 3.39. The number of sulfonamides is 1. The lowest BCUT2D eigenvalue weighted by molar-refractivity contribution is 0.144. The predicted molar refractivity (Wildman–Crippen MR) is 77.5 cm³/mol. The van der Waals surface area contributed by atoms with Crippen molar-refractivity contribution in [1.82, 2.24) is 10.0 Å². The molecule has 0 bridgehead atoms. The molecule has 0 aliphatic heterocycles. The number of hydrogen-bond acceptors (Lipinski definition) is 5. The van der Waals surface area contributed by atoms with Gasteiger partial charge in [-0.05, 0) is 24.7 Å². The quantitative estimate of drug-likeness (QED) is 0.622. The van der Waals surface area contributed by atoms with Crippen molar-refractivity contribution in [3.05, 3.63) is 24.0 Å². The van der Waals surface area contributed by atoms with Crippen LogP contribution in [0, 0.1) is 5.82 Å². The lowest BCUT2D eigenvalue weighted by Gasteiger charge is -2.13. The fraction of sp³-hybridized carbons (Fsp3) is 0.538. The van der Waals surface area contributed by atoms with E-state index in [1.54, 1.807) is 0 Å². The van der Waals surface area contributed by atoms with Crippen LogP contribution in [-0.2, 0) is 14.8 Å². The third-order valence-corrected chi connectivity index (χ3v) is 4.07. The first-order valence-electron chi connectivity index (χ1n) is 6.63. The number of methoxy groups -OCH3 is 1. The molecule has 8 heteroatoms.